The maximum Gasteiger partial charge on any atom is 0.305 e. The Labute approximate surface area is 147 Å². The lowest BCUT2D eigenvalue weighted by molar-refractivity contribution is -0.143. The minimum Gasteiger partial charge on any atom is -0.466 e. The number of hydrogen-bond acceptors (Lipinski definition) is 3. The van der Waals surface area contributed by atoms with E-state index in [4.69, 9.17) is 4.74 Å². The fourth-order valence-corrected chi connectivity index (χ4v) is 1.88. The molecule has 0 aromatic heterocycles. The van der Waals surface area contributed by atoms with Gasteiger partial charge in [0.25, 0.3) is 0 Å². The molecule has 0 unspecified atom stereocenters. The van der Waals surface area contributed by atoms with Crippen LogP contribution in [-0.4, -0.2) is 16.1 Å². The van der Waals surface area contributed by atoms with Crippen molar-refractivity contribution in [2.45, 2.75) is 84.5 Å². The topological polar surface area (TPSA) is 26.3 Å². The highest BCUT2D eigenvalue weighted by Crippen LogP contribution is 2.10. The van der Waals surface area contributed by atoms with Crippen LogP contribution in [0.1, 0.15) is 84.5 Å². The summed E-state index contributed by atoms with van der Waals surface area (Å²) in [6.07, 6.45) is 13.7. The van der Waals surface area contributed by atoms with Gasteiger partial charge in [-0.3, -0.25) is 4.79 Å². The predicted octanol–water partition coefficient (Wildman–Crippen LogP) is 5.99. The van der Waals surface area contributed by atoms with Crippen LogP contribution in [0.15, 0.2) is 0 Å². The SMILES string of the molecule is CCCCCCCCCCCCOC(=O)CC.S=C(S)S. The lowest BCUT2D eigenvalue weighted by Gasteiger charge is -2.03. The predicted molar refractivity (Wildman–Crippen MR) is 104 cm³/mol. The zero-order valence-electron chi connectivity index (χ0n) is 13.6. The Kier molecular flexibility index (Phi) is 22.7. The molecule has 0 radical (unpaired) electrons. The molecule has 0 rings (SSSR count). The molecule has 0 aromatic rings. The smallest absolute Gasteiger partial charge is 0.305 e. The Balaban J connectivity index is 0. The van der Waals surface area contributed by atoms with E-state index in [0.29, 0.717) is 16.6 Å². The second-order valence-corrected chi connectivity index (χ2v) is 7.30. The van der Waals surface area contributed by atoms with Gasteiger partial charge in [0.1, 0.15) is 0 Å². The monoisotopic (exact) mass is 352 g/mol. The molecule has 0 aliphatic rings. The number of hydrogen-bond donors (Lipinski definition) is 2. The van der Waals surface area contributed by atoms with Crippen molar-refractivity contribution in [3.05, 3.63) is 0 Å². The van der Waals surface area contributed by atoms with Crippen LogP contribution in [0, 0.1) is 0 Å². The maximum atomic E-state index is 10.8. The summed E-state index contributed by atoms with van der Waals surface area (Å²) in [4.78, 5) is 10.8. The first-order valence-corrected chi connectivity index (χ1v) is 9.42. The van der Waals surface area contributed by atoms with Crippen molar-refractivity contribution in [3.8, 4) is 0 Å². The molecule has 0 saturated heterocycles. The van der Waals surface area contributed by atoms with E-state index in [1.54, 1.807) is 0 Å². The van der Waals surface area contributed by atoms with Gasteiger partial charge in [0.05, 0.1) is 10.1 Å². The summed E-state index contributed by atoms with van der Waals surface area (Å²) in [5.41, 5.74) is 0. The number of esters is 1. The molecule has 2 nitrogen and oxygen atoms in total. The van der Waals surface area contributed by atoms with Gasteiger partial charge >= 0.3 is 5.97 Å². The largest absolute Gasteiger partial charge is 0.466 e. The summed E-state index contributed by atoms with van der Waals surface area (Å²) in [6, 6.07) is 0. The van der Waals surface area contributed by atoms with Crippen molar-refractivity contribution in [1.29, 1.82) is 0 Å². The van der Waals surface area contributed by atoms with Gasteiger partial charge in [0, 0.05) is 6.42 Å². The average Bonchev–Trinajstić information content (AvgIpc) is 2.43. The van der Waals surface area contributed by atoms with Crippen LogP contribution in [0.5, 0.6) is 0 Å². The van der Waals surface area contributed by atoms with E-state index in [0.717, 1.165) is 6.42 Å². The van der Waals surface area contributed by atoms with Crippen molar-refractivity contribution >= 4 is 47.0 Å². The van der Waals surface area contributed by atoms with E-state index in [1.807, 2.05) is 6.92 Å². The molecular formula is C16H32O2S3. The zero-order chi connectivity index (χ0) is 16.3. The standard InChI is InChI=1S/C15H30O2.CH2S3/c1-3-5-6-7-8-9-10-11-12-13-14-17-15(16)4-2;2-1(3)4/h3-14H2,1-2H3;(H2,2,3,4). The van der Waals surface area contributed by atoms with Crippen LogP contribution in [0.25, 0.3) is 0 Å². The maximum absolute atomic E-state index is 10.8. The third-order valence-electron chi connectivity index (χ3n) is 3.05. The number of thiol groups is 2. The lowest BCUT2D eigenvalue weighted by atomic mass is 10.1. The summed E-state index contributed by atoms with van der Waals surface area (Å²) in [7, 11) is 0. The molecule has 0 amide bonds. The summed E-state index contributed by atoms with van der Waals surface area (Å²) in [5, 5.41) is 0. The molecule has 0 aromatic carbocycles. The first-order chi connectivity index (χ1) is 10.0. The van der Waals surface area contributed by atoms with Gasteiger partial charge in [-0.1, -0.05) is 83.9 Å². The normalized spacial score (nSPS) is 9.71. The summed E-state index contributed by atoms with van der Waals surface area (Å²) in [6.45, 7) is 4.70. The van der Waals surface area contributed by atoms with Gasteiger partial charge in [-0.15, -0.1) is 25.3 Å². The van der Waals surface area contributed by atoms with Gasteiger partial charge in [-0.2, -0.15) is 0 Å². The molecule has 0 saturated carbocycles. The summed E-state index contributed by atoms with van der Waals surface area (Å²) < 4.78 is 5.41. The van der Waals surface area contributed by atoms with Crippen molar-refractivity contribution < 1.29 is 9.53 Å². The Morgan fingerprint density at radius 3 is 1.62 bits per heavy atom. The third kappa shape index (κ3) is 29.0. The highest BCUT2D eigenvalue weighted by Gasteiger charge is 1.97. The number of unbranched alkanes of at least 4 members (excludes halogenated alkanes) is 9. The highest BCUT2D eigenvalue weighted by molar-refractivity contribution is 8.34. The Hall–Kier alpha value is 0.260. The van der Waals surface area contributed by atoms with Crippen LogP contribution in [-0.2, 0) is 9.53 Å². The van der Waals surface area contributed by atoms with E-state index < -0.39 is 0 Å². The van der Waals surface area contributed by atoms with Crippen LogP contribution < -0.4 is 0 Å². The Morgan fingerprint density at radius 1 is 0.857 bits per heavy atom. The van der Waals surface area contributed by atoms with Gasteiger partial charge in [-0.25, -0.2) is 0 Å². The van der Waals surface area contributed by atoms with Crippen LogP contribution >= 0.6 is 37.5 Å². The Bertz CT molecular complexity index is 242. The Morgan fingerprint density at radius 2 is 1.24 bits per heavy atom. The van der Waals surface area contributed by atoms with Gasteiger partial charge < -0.3 is 4.74 Å². The molecule has 0 bridgehead atoms. The molecule has 0 fully saturated rings. The average molecular weight is 353 g/mol. The number of ether oxygens (including phenoxy) is 1. The molecule has 126 valence electrons. The quantitative estimate of drug-likeness (QED) is 0.195. The number of thiocarbonyl (C=S) groups is 1. The minimum absolute atomic E-state index is 0.0686. The molecule has 0 aliphatic carbocycles. The van der Waals surface area contributed by atoms with Crippen molar-refractivity contribution in [1.82, 2.24) is 0 Å². The lowest BCUT2D eigenvalue weighted by Crippen LogP contribution is -2.03. The summed E-state index contributed by atoms with van der Waals surface area (Å²) in [5.74, 6) is -0.0686. The third-order valence-corrected chi connectivity index (χ3v) is 3.05. The van der Waals surface area contributed by atoms with E-state index in [2.05, 4.69) is 44.4 Å². The van der Waals surface area contributed by atoms with Crippen LogP contribution in [0.3, 0.4) is 0 Å². The first-order valence-electron chi connectivity index (χ1n) is 8.12. The first kappa shape index (κ1) is 23.5. The van der Waals surface area contributed by atoms with Gasteiger partial charge in [0.15, 0.2) is 0 Å². The molecular weight excluding hydrogens is 320 g/mol. The van der Waals surface area contributed by atoms with E-state index >= 15 is 0 Å². The fraction of sp³-hybridized carbons (Fsp3) is 0.875. The zero-order valence-corrected chi connectivity index (χ0v) is 16.2. The van der Waals surface area contributed by atoms with Crippen LogP contribution in [0.4, 0.5) is 0 Å². The van der Waals surface area contributed by atoms with E-state index in [9.17, 15) is 4.79 Å². The number of carbonyl (C=O) groups is 1. The number of rotatable bonds is 12. The summed E-state index contributed by atoms with van der Waals surface area (Å²) >= 11 is 11.4. The molecule has 0 heterocycles. The minimum atomic E-state index is -0.0686. The van der Waals surface area contributed by atoms with Crippen molar-refractivity contribution in [2.24, 2.45) is 0 Å². The molecule has 5 heteroatoms. The van der Waals surface area contributed by atoms with Crippen LogP contribution in [0.2, 0.25) is 0 Å². The van der Waals surface area contributed by atoms with E-state index in [-0.39, 0.29) is 5.97 Å². The van der Waals surface area contributed by atoms with Gasteiger partial charge in [-0.05, 0) is 6.42 Å². The molecule has 0 spiro atoms. The highest BCUT2D eigenvalue weighted by atomic mass is 32.2. The van der Waals surface area contributed by atoms with E-state index in [1.165, 1.54) is 57.8 Å². The fourth-order valence-electron chi connectivity index (χ4n) is 1.88. The number of carbonyl (C=O) groups excluding carboxylic acids is 1. The van der Waals surface area contributed by atoms with Gasteiger partial charge in [0.2, 0.25) is 0 Å². The second-order valence-electron chi connectivity index (χ2n) is 5.04. The molecule has 0 aliphatic heterocycles. The van der Waals surface area contributed by atoms with Crippen molar-refractivity contribution in [2.75, 3.05) is 6.61 Å². The molecule has 0 N–H and O–H groups in total. The molecule has 0 atom stereocenters. The second kappa shape index (κ2) is 20.3. The van der Waals surface area contributed by atoms with Crippen molar-refractivity contribution in [3.63, 3.8) is 0 Å². The molecule has 21 heavy (non-hydrogen) atoms.